The van der Waals surface area contributed by atoms with E-state index in [1.54, 1.807) is 9.81 Å². The van der Waals surface area contributed by atoms with E-state index in [0.29, 0.717) is 0 Å². The maximum absolute atomic E-state index is 2.40. The van der Waals surface area contributed by atoms with E-state index >= 15 is 0 Å². The molecule has 0 radical (unpaired) electrons. The summed E-state index contributed by atoms with van der Waals surface area (Å²) in [7, 11) is -0.0370. The third kappa shape index (κ3) is 3.90. The normalized spacial score (nSPS) is 17.7. The first-order valence-corrected chi connectivity index (χ1v) is 16.4. The Morgan fingerprint density at radius 3 is 1.06 bits per heavy atom. The molecule has 0 nitrogen and oxygen atoms in total. The van der Waals surface area contributed by atoms with E-state index in [0.717, 1.165) is 0 Å². The number of rotatable bonds is 2. The van der Waals surface area contributed by atoms with Gasteiger partial charge in [0.1, 0.15) is 21.8 Å². The predicted octanol–water partition coefficient (Wildman–Crippen LogP) is 9.56. The zero-order valence-electron chi connectivity index (χ0n) is 19.4. The molecule has 4 heteroatoms. The van der Waals surface area contributed by atoms with Crippen LogP contribution in [-0.2, 0) is 21.8 Å². The molecule has 4 aromatic rings. The van der Waals surface area contributed by atoms with Crippen LogP contribution in [0.2, 0.25) is 0 Å². The van der Waals surface area contributed by atoms with Crippen molar-refractivity contribution in [3.05, 3.63) is 107 Å². The van der Waals surface area contributed by atoms with Crippen molar-refractivity contribution in [3.63, 3.8) is 0 Å². The molecule has 0 fully saturated rings. The van der Waals surface area contributed by atoms with E-state index in [1.165, 1.54) is 71.3 Å². The zero-order valence-corrected chi connectivity index (χ0v) is 22.7. The lowest BCUT2D eigenvalue weighted by Crippen LogP contribution is -2.19. The summed E-state index contributed by atoms with van der Waals surface area (Å²) < 4.78 is 0. The van der Waals surface area contributed by atoms with Crippen LogP contribution in [0.3, 0.4) is 0 Å². The van der Waals surface area contributed by atoms with Crippen molar-refractivity contribution in [1.29, 1.82) is 0 Å². The minimum absolute atomic E-state index is 0.0185. The fourth-order valence-corrected chi connectivity index (χ4v) is 13.8. The van der Waals surface area contributed by atoms with Crippen molar-refractivity contribution in [3.8, 4) is 0 Å². The standard InChI is InChI=1S/C31H26S4/c1-2-20-30(34-26-16-8-4-12-22(26)32-23-13-5-9-17-27(23)34)31(21-3-1)35-28-18-10-6-14-24(28)33-25-15-7-11-19-29(25)35/h4-19H,1-3,20-21H2/q+2. The molecule has 3 aliphatic rings. The Bertz CT molecular complexity index is 1250. The molecular formula is C31H26S4+2. The second kappa shape index (κ2) is 9.48. The van der Waals surface area contributed by atoms with Crippen LogP contribution in [0.25, 0.3) is 0 Å². The SMILES string of the molecule is c1ccc2c(c1)Sc1ccccc1[S+]2C1=C([S+]2c3ccccc3Sc3ccccc32)CCCCC1. The molecule has 2 heterocycles. The summed E-state index contributed by atoms with van der Waals surface area (Å²) in [5.74, 6) is 0. The van der Waals surface area contributed by atoms with Gasteiger partial charge in [-0.15, -0.1) is 0 Å². The average molecular weight is 527 g/mol. The Morgan fingerprint density at radius 2 is 0.714 bits per heavy atom. The third-order valence-corrected chi connectivity index (χ3v) is 14.8. The van der Waals surface area contributed by atoms with E-state index in [9.17, 15) is 0 Å². The molecule has 0 amide bonds. The van der Waals surface area contributed by atoms with Gasteiger partial charge in [-0.25, -0.2) is 0 Å². The molecule has 2 aliphatic heterocycles. The summed E-state index contributed by atoms with van der Waals surface area (Å²) >= 11 is 3.91. The van der Waals surface area contributed by atoms with E-state index in [4.69, 9.17) is 0 Å². The van der Waals surface area contributed by atoms with Crippen LogP contribution >= 0.6 is 23.5 Å². The molecule has 0 aromatic heterocycles. The van der Waals surface area contributed by atoms with Gasteiger partial charge in [0.25, 0.3) is 0 Å². The second-order valence-electron chi connectivity index (χ2n) is 9.01. The smallest absolute Gasteiger partial charge is 0.0795 e. The molecule has 0 saturated heterocycles. The quantitative estimate of drug-likeness (QED) is 0.239. The minimum Gasteiger partial charge on any atom is -0.0795 e. The minimum atomic E-state index is -0.0185. The van der Waals surface area contributed by atoms with E-state index in [1.807, 2.05) is 23.5 Å². The first-order chi connectivity index (χ1) is 17.4. The molecule has 0 bridgehead atoms. The largest absolute Gasteiger partial charge is 0.194 e. The van der Waals surface area contributed by atoms with Crippen LogP contribution in [-0.4, -0.2) is 0 Å². The van der Waals surface area contributed by atoms with Crippen LogP contribution in [0.5, 0.6) is 0 Å². The van der Waals surface area contributed by atoms with E-state index < -0.39 is 0 Å². The third-order valence-electron chi connectivity index (χ3n) is 6.83. The number of hydrogen-bond acceptors (Lipinski definition) is 2. The Balaban J connectivity index is 1.50. The molecule has 0 atom stereocenters. The van der Waals surface area contributed by atoms with Gasteiger partial charge in [-0.1, -0.05) is 78.5 Å². The Labute approximate surface area is 222 Å². The number of allylic oxidation sites excluding steroid dienone is 2. The molecule has 1 aliphatic carbocycles. The second-order valence-corrected chi connectivity index (χ2v) is 15.1. The predicted molar refractivity (Wildman–Crippen MR) is 152 cm³/mol. The van der Waals surface area contributed by atoms with Crippen LogP contribution < -0.4 is 0 Å². The molecule has 0 unspecified atom stereocenters. The van der Waals surface area contributed by atoms with Gasteiger partial charge < -0.3 is 0 Å². The van der Waals surface area contributed by atoms with Gasteiger partial charge >= 0.3 is 0 Å². The topological polar surface area (TPSA) is 0 Å². The van der Waals surface area contributed by atoms with Crippen molar-refractivity contribution >= 4 is 45.3 Å². The molecular weight excluding hydrogens is 501 g/mol. The van der Waals surface area contributed by atoms with E-state index in [2.05, 4.69) is 97.1 Å². The molecule has 0 saturated carbocycles. The van der Waals surface area contributed by atoms with Gasteiger partial charge in [0.05, 0.1) is 19.6 Å². The lowest BCUT2D eigenvalue weighted by Gasteiger charge is -2.23. The highest BCUT2D eigenvalue weighted by Gasteiger charge is 2.48. The highest BCUT2D eigenvalue weighted by atomic mass is 32.2. The van der Waals surface area contributed by atoms with Crippen LogP contribution in [0.15, 0.2) is 146 Å². The van der Waals surface area contributed by atoms with Crippen molar-refractivity contribution in [2.24, 2.45) is 0 Å². The molecule has 4 aromatic carbocycles. The van der Waals surface area contributed by atoms with Gasteiger partial charge in [0.2, 0.25) is 0 Å². The summed E-state index contributed by atoms with van der Waals surface area (Å²) in [6.07, 6.45) is 6.36. The molecule has 0 N–H and O–H groups in total. The molecule has 172 valence electrons. The fraction of sp³-hybridized carbons (Fsp3) is 0.161. The van der Waals surface area contributed by atoms with Crippen molar-refractivity contribution in [1.82, 2.24) is 0 Å². The van der Waals surface area contributed by atoms with Crippen molar-refractivity contribution in [2.45, 2.75) is 71.3 Å². The summed E-state index contributed by atoms with van der Waals surface area (Å²) in [6, 6.07) is 36.7. The highest BCUT2D eigenvalue weighted by Crippen LogP contribution is 2.54. The van der Waals surface area contributed by atoms with Crippen LogP contribution in [0.4, 0.5) is 0 Å². The lowest BCUT2D eigenvalue weighted by atomic mass is 10.2. The fourth-order valence-electron chi connectivity index (χ4n) is 5.28. The van der Waals surface area contributed by atoms with Crippen LogP contribution in [0, 0.1) is 0 Å². The Hall–Kier alpha value is -1.98. The van der Waals surface area contributed by atoms with Crippen molar-refractivity contribution < 1.29 is 0 Å². The Morgan fingerprint density at radius 1 is 0.400 bits per heavy atom. The summed E-state index contributed by atoms with van der Waals surface area (Å²) in [5, 5.41) is 0. The average Bonchev–Trinajstić information content (AvgIpc) is 3.16. The van der Waals surface area contributed by atoms with Gasteiger partial charge in [-0.2, -0.15) is 0 Å². The summed E-state index contributed by atoms with van der Waals surface area (Å²) in [5.41, 5.74) is 0. The zero-order chi connectivity index (χ0) is 23.2. The molecule has 7 rings (SSSR count). The molecule has 35 heavy (non-hydrogen) atoms. The summed E-state index contributed by atoms with van der Waals surface area (Å²) in [4.78, 5) is 15.3. The van der Waals surface area contributed by atoms with Gasteiger partial charge in [0, 0.05) is 12.8 Å². The van der Waals surface area contributed by atoms with E-state index in [-0.39, 0.29) is 21.8 Å². The number of hydrogen-bond donors (Lipinski definition) is 0. The summed E-state index contributed by atoms with van der Waals surface area (Å²) in [6.45, 7) is 0. The van der Waals surface area contributed by atoms with Crippen LogP contribution in [0.1, 0.15) is 32.1 Å². The number of fused-ring (bicyclic) bond motifs is 4. The maximum Gasteiger partial charge on any atom is 0.194 e. The van der Waals surface area contributed by atoms with Gasteiger partial charge in [-0.3, -0.25) is 0 Å². The highest BCUT2D eigenvalue weighted by molar-refractivity contribution is 8.08. The first-order valence-electron chi connectivity index (χ1n) is 12.3. The monoisotopic (exact) mass is 526 g/mol. The lowest BCUT2D eigenvalue weighted by molar-refractivity contribution is 0.714. The Kier molecular flexibility index (Phi) is 6.02. The van der Waals surface area contributed by atoms with Gasteiger partial charge in [-0.05, 0) is 61.4 Å². The first kappa shape index (κ1) is 22.2. The molecule has 0 spiro atoms. The van der Waals surface area contributed by atoms with Crippen molar-refractivity contribution in [2.75, 3.05) is 0 Å². The van der Waals surface area contributed by atoms with Gasteiger partial charge in [0.15, 0.2) is 29.4 Å². The number of benzene rings is 4. The maximum atomic E-state index is 2.40.